The Morgan fingerprint density at radius 3 is 2.50 bits per heavy atom. The van der Waals surface area contributed by atoms with Crippen LogP contribution < -0.4 is 10.6 Å². The highest BCUT2D eigenvalue weighted by Crippen LogP contribution is 2.20. The molecule has 24 heavy (non-hydrogen) atoms. The normalized spacial score (nSPS) is 12.7. The SMILES string of the molecule is C=c1oc2c(Cl)cccc2/c1=C/N(C)S(=O)(=O)c1ccc(C)cc1. The molecule has 0 aliphatic rings. The van der Waals surface area contributed by atoms with Gasteiger partial charge in [0.15, 0.2) is 5.58 Å². The lowest BCUT2D eigenvalue weighted by Crippen LogP contribution is -2.28. The van der Waals surface area contributed by atoms with Crippen molar-refractivity contribution in [2.24, 2.45) is 0 Å². The molecule has 0 aliphatic heterocycles. The molecule has 3 aromatic rings. The topological polar surface area (TPSA) is 50.5 Å². The second-order valence-corrected chi connectivity index (χ2v) is 7.92. The maximum absolute atomic E-state index is 12.7. The Balaban J connectivity index is 2.15. The second-order valence-electron chi connectivity index (χ2n) is 5.52. The van der Waals surface area contributed by atoms with Gasteiger partial charge in [-0.3, -0.25) is 4.31 Å². The van der Waals surface area contributed by atoms with Gasteiger partial charge in [-0.15, -0.1) is 0 Å². The Labute approximate surface area is 145 Å². The molecule has 124 valence electrons. The van der Waals surface area contributed by atoms with Crippen molar-refractivity contribution in [1.82, 2.24) is 4.31 Å². The Kier molecular flexibility index (Phi) is 4.15. The third kappa shape index (κ3) is 2.81. The summed E-state index contributed by atoms with van der Waals surface area (Å²) in [5.74, 6) is 0. The van der Waals surface area contributed by atoms with E-state index in [1.54, 1.807) is 36.4 Å². The van der Waals surface area contributed by atoms with Crippen LogP contribution in [0.5, 0.6) is 0 Å². The van der Waals surface area contributed by atoms with Crippen molar-refractivity contribution in [3.05, 3.63) is 63.7 Å². The summed E-state index contributed by atoms with van der Waals surface area (Å²) in [6.45, 7) is 5.75. The van der Waals surface area contributed by atoms with Crippen LogP contribution in [0.25, 0.3) is 23.7 Å². The van der Waals surface area contributed by atoms with Crippen LogP contribution >= 0.6 is 11.6 Å². The van der Waals surface area contributed by atoms with E-state index in [9.17, 15) is 8.42 Å². The molecule has 0 fully saturated rings. The van der Waals surface area contributed by atoms with Crippen molar-refractivity contribution in [1.29, 1.82) is 0 Å². The number of benzene rings is 2. The van der Waals surface area contributed by atoms with Crippen molar-refractivity contribution in [2.75, 3.05) is 7.05 Å². The van der Waals surface area contributed by atoms with Gasteiger partial charge in [-0.2, -0.15) is 0 Å². The van der Waals surface area contributed by atoms with E-state index in [0.717, 1.165) is 15.3 Å². The van der Waals surface area contributed by atoms with Gasteiger partial charge in [0.2, 0.25) is 0 Å². The number of hydrogen-bond donors (Lipinski definition) is 0. The van der Waals surface area contributed by atoms with Crippen molar-refractivity contribution in [3.63, 3.8) is 0 Å². The fourth-order valence-electron chi connectivity index (χ4n) is 2.42. The Bertz CT molecular complexity index is 1120. The fraction of sp³-hybridized carbons (Fsp3) is 0.111. The Morgan fingerprint density at radius 1 is 1.17 bits per heavy atom. The standard InChI is InChI=1S/C18H16ClNO3S/c1-12-7-9-14(10-8-12)24(21,22)20(3)11-16-13(2)23-18-15(16)5-4-6-17(18)19/h4-11H,2H2,1,3H3/b16-11+. The molecule has 0 saturated heterocycles. The number of para-hydroxylation sites is 1. The number of rotatable bonds is 3. The van der Waals surface area contributed by atoms with Gasteiger partial charge in [0, 0.05) is 23.9 Å². The summed E-state index contributed by atoms with van der Waals surface area (Å²) >= 11 is 6.11. The van der Waals surface area contributed by atoms with E-state index < -0.39 is 10.0 Å². The van der Waals surface area contributed by atoms with Crippen LogP contribution in [0.3, 0.4) is 0 Å². The summed E-state index contributed by atoms with van der Waals surface area (Å²) in [7, 11) is -2.17. The average molecular weight is 362 g/mol. The van der Waals surface area contributed by atoms with Gasteiger partial charge in [0.1, 0.15) is 5.42 Å². The minimum Gasteiger partial charge on any atom is -0.455 e. The summed E-state index contributed by atoms with van der Waals surface area (Å²) in [5.41, 5.74) is 1.86. The molecule has 0 radical (unpaired) electrons. The lowest BCUT2D eigenvalue weighted by atomic mass is 10.2. The molecule has 0 atom stereocenters. The van der Waals surface area contributed by atoms with Gasteiger partial charge in [-0.1, -0.05) is 48.0 Å². The van der Waals surface area contributed by atoms with E-state index >= 15 is 0 Å². The number of furan rings is 1. The van der Waals surface area contributed by atoms with Crippen LogP contribution in [0.2, 0.25) is 5.02 Å². The molecule has 0 bridgehead atoms. The third-order valence-electron chi connectivity index (χ3n) is 3.79. The lowest BCUT2D eigenvalue weighted by Gasteiger charge is -2.14. The summed E-state index contributed by atoms with van der Waals surface area (Å²) in [4.78, 5) is 0.225. The molecule has 4 nitrogen and oxygen atoms in total. The van der Waals surface area contributed by atoms with Crippen LogP contribution in [0.4, 0.5) is 0 Å². The monoisotopic (exact) mass is 361 g/mol. The summed E-state index contributed by atoms with van der Waals surface area (Å²) in [6.07, 6.45) is 1.50. The summed E-state index contributed by atoms with van der Waals surface area (Å²) in [6, 6.07) is 12.0. The van der Waals surface area contributed by atoms with Gasteiger partial charge in [0.05, 0.1) is 9.92 Å². The maximum atomic E-state index is 12.7. The van der Waals surface area contributed by atoms with Crippen LogP contribution in [0, 0.1) is 6.92 Å². The predicted octanol–water partition coefficient (Wildman–Crippen LogP) is 2.86. The molecule has 0 amide bonds. The van der Waals surface area contributed by atoms with Crippen molar-refractivity contribution >= 4 is 45.4 Å². The summed E-state index contributed by atoms with van der Waals surface area (Å²) < 4.78 is 32.1. The zero-order chi connectivity index (χ0) is 17.5. The molecular formula is C18H16ClNO3S. The molecule has 0 unspecified atom stereocenters. The van der Waals surface area contributed by atoms with E-state index in [1.807, 2.05) is 13.0 Å². The number of fused-ring (bicyclic) bond motifs is 1. The van der Waals surface area contributed by atoms with Gasteiger partial charge in [0.25, 0.3) is 10.0 Å². The quantitative estimate of drug-likeness (QED) is 0.720. The van der Waals surface area contributed by atoms with Crippen LogP contribution in [-0.2, 0) is 10.0 Å². The third-order valence-corrected chi connectivity index (χ3v) is 5.82. The van der Waals surface area contributed by atoms with E-state index in [0.29, 0.717) is 21.2 Å². The van der Waals surface area contributed by atoms with Crippen molar-refractivity contribution in [3.8, 4) is 0 Å². The number of sulfonamides is 1. The number of hydrogen-bond acceptors (Lipinski definition) is 3. The first-order chi connectivity index (χ1) is 11.3. The molecule has 0 N–H and O–H groups in total. The zero-order valence-electron chi connectivity index (χ0n) is 13.3. The fourth-order valence-corrected chi connectivity index (χ4v) is 3.69. The van der Waals surface area contributed by atoms with Gasteiger partial charge in [-0.25, -0.2) is 8.42 Å². The summed E-state index contributed by atoms with van der Waals surface area (Å²) in [5, 5.41) is 1.77. The highest BCUT2D eigenvalue weighted by Gasteiger charge is 2.18. The first-order valence-electron chi connectivity index (χ1n) is 7.23. The smallest absolute Gasteiger partial charge is 0.263 e. The molecule has 1 heterocycles. The minimum absolute atomic E-state index is 0.225. The van der Waals surface area contributed by atoms with Crippen LogP contribution in [0.15, 0.2) is 51.8 Å². The number of nitrogens with zero attached hydrogens (tertiary/aromatic N) is 1. The second kappa shape index (κ2) is 6.00. The predicted molar refractivity (Wildman–Crippen MR) is 96.6 cm³/mol. The van der Waals surface area contributed by atoms with E-state index in [1.165, 1.54) is 13.2 Å². The molecule has 0 aliphatic carbocycles. The molecule has 2 aromatic carbocycles. The van der Waals surface area contributed by atoms with Crippen LogP contribution in [0.1, 0.15) is 5.56 Å². The first-order valence-corrected chi connectivity index (χ1v) is 9.05. The van der Waals surface area contributed by atoms with E-state index in [4.69, 9.17) is 16.0 Å². The number of halogens is 1. The van der Waals surface area contributed by atoms with E-state index in [-0.39, 0.29) is 4.90 Å². The Hall–Kier alpha value is -2.24. The molecule has 3 rings (SSSR count). The van der Waals surface area contributed by atoms with Crippen LogP contribution in [-0.4, -0.2) is 19.8 Å². The molecule has 1 aromatic heterocycles. The van der Waals surface area contributed by atoms with Gasteiger partial charge < -0.3 is 4.42 Å². The molecule has 0 spiro atoms. The van der Waals surface area contributed by atoms with Gasteiger partial charge >= 0.3 is 0 Å². The zero-order valence-corrected chi connectivity index (χ0v) is 14.9. The minimum atomic E-state index is -3.65. The lowest BCUT2D eigenvalue weighted by molar-refractivity contribution is 0.549. The first kappa shape index (κ1) is 16.6. The average Bonchev–Trinajstić information content (AvgIpc) is 2.85. The maximum Gasteiger partial charge on any atom is 0.263 e. The molecule has 6 heteroatoms. The van der Waals surface area contributed by atoms with Crippen molar-refractivity contribution < 1.29 is 12.8 Å². The molecular weight excluding hydrogens is 346 g/mol. The highest BCUT2D eigenvalue weighted by atomic mass is 35.5. The molecule has 0 saturated carbocycles. The van der Waals surface area contributed by atoms with E-state index in [2.05, 4.69) is 6.58 Å². The van der Waals surface area contributed by atoms with Gasteiger partial charge in [-0.05, 0) is 25.1 Å². The number of aryl methyl sites for hydroxylation is 1. The highest BCUT2D eigenvalue weighted by molar-refractivity contribution is 7.89. The van der Waals surface area contributed by atoms with Crippen molar-refractivity contribution in [2.45, 2.75) is 11.8 Å². The Morgan fingerprint density at radius 2 is 1.83 bits per heavy atom. The largest absolute Gasteiger partial charge is 0.455 e.